The number of carboxylic acid groups (broad SMARTS) is 1. The number of phenolic OH excluding ortho intramolecular Hbond substituents is 1. The zero-order valence-electron chi connectivity index (χ0n) is 8.66. The molecule has 1 aromatic carbocycles. The highest BCUT2D eigenvalue weighted by atomic mass is 16.4. The number of rotatable bonds is 2. The van der Waals surface area contributed by atoms with E-state index >= 15 is 0 Å². The zero-order chi connectivity index (χ0) is 13.0. The Morgan fingerprint density at radius 3 is 2.41 bits per heavy atom. The Morgan fingerprint density at radius 1 is 1.24 bits per heavy atom. The van der Waals surface area contributed by atoms with Gasteiger partial charge in [-0.25, -0.2) is 9.79 Å². The molecule has 0 heterocycles. The third-order valence-corrected chi connectivity index (χ3v) is 1.70. The zero-order valence-corrected chi connectivity index (χ0v) is 8.66. The SMILES string of the molecule is NC(N)=NC(N)=Nc1cc(C(=O)O)ccc1O. The van der Waals surface area contributed by atoms with Gasteiger partial charge in [0.15, 0.2) is 5.96 Å². The van der Waals surface area contributed by atoms with Gasteiger partial charge in [0.1, 0.15) is 11.4 Å². The molecule has 90 valence electrons. The van der Waals surface area contributed by atoms with Crippen LogP contribution in [-0.2, 0) is 0 Å². The van der Waals surface area contributed by atoms with Gasteiger partial charge < -0.3 is 27.4 Å². The van der Waals surface area contributed by atoms with Crippen molar-refractivity contribution in [3.63, 3.8) is 0 Å². The maximum absolute atomic E-state index is 10.7. The van der Waals surface area contributed by atoms with E-state index in [-0.39, 0.29) is 28.9 Å². The maximum Gasteiger partial charge on any atom is 0.335 e. The van der Waals surface area contributed by atoms with Crippen LogP contribution in [0.3, 0.4) is 0 Å². The number of aromatic carboxylic acids is 1. The number of nitrogens with two attached hydrogens (primary N) is 3. The van der Waals surface area contributed by atoms with Gasteiger partial charge in [0.2, 0.25) is 5.96 Å². The van der Waals surface area contributed by atoms with Gasteiger partial charge in [-0.15, -0.1) is 0 Å². The Morgan fingerprint density at radius 2 is 1.88 bits per heavy atom. The summed E-state index contributed by atoms with van der Waals surface area (Å²) in [6.45, 7) is 0. The molecule has 0 amide bonds. The van der Waals surface area contributed by atoms with Crippen molar-refractivity contribution in [3.8, 4) is 5.75 Å². The van der Waals surface area contributed by atoms with E-state index in [0.29, 0.717) is 0 Å². The van der Waals surface area contributed by atoms with Gasteiger partial charge in [-0.3, -0.25) is 0 Å². The number of carbonyl (C=O) groups is 1. The van der Waals surface area contributed by atoms with E-state index in [2.05, 4.69) is 9.98 Å². The first kappa shape index (κ1) is 12.3. The van der Waals surface area contributed by atoms with Gasteiger partial charge in [0, 0.05) is 0 Å². The van der Waals surface area contributed by atoms with Crippen LogP contribution in [0.15, 0.2) is 28.2 Å². The predicted molar refractivity (Wildman–Crippen MR) is 62.2 cm³/mol. The Kier molecular flexibility index (Phi) is 3.50. The Bertz CT molecular complexity index is 505. The number of hydrogen-bond acceptors (Lipinski definition) is 3. The van der Waals surface area contributed by atoms with E-state index < -0.39 is 5.97 Å². The van der Waals surface area contributed by atoms with Crippen LogP contribution in [0.4, 0.5) is 5.69 Å². The van der Waals surface area contributed by atoms with Crippen molar-refractivity contribution in [2.45, 2.75) is 0 Å². The van der Waals surface area contributed by atoms with Crippen LogP contribution in [0.2, 0.25) is 0 Å². The summed E-state index contributed by atoms with van der Waals surface area (Å²) in [6, 6.07) is 3.56. The molecule has 8 heteroatoms. The second kappa shape index (κ2) is 4.84. The molecule has 0 spiro atoms. The summed E-state index contributed by atoms with van der Waals surface area (Å²) in [4.78, 5) is 17.8. The molecule has 0 saturated heterocycles. The molecule has 0 radical (unpaired) electrons. The molecule has 1 aromatic rings. The number of aromatic hydroxyl groups is 1. The van der Waals surface area contributed by atoms with Crippen LogP contribution in [0.5, 0.6) is 5.75 Å². The molecule has 0 aliphatic rings. The second-order valence-corrected chi connectivity index (χ2v) is 3.02. The lowest BCUT2D eigenvalue weighted by atomic mass is 10.2. The third-order valence-electron chi connectivity index (χ3n) is 1.70. The Labute approximate surface area is 96.1 Å². The largest absolute Gasteiger partial charge is 0.506 e. The van der Waals surface area contributed by atoms with E-state index in [4.69, 9.17) is 22.3 Å². The first-order valence-corrected chi connectivity index (χ1v) is 4.40. The molecule has 0 aliphatic carbocycles. The summed E-state index contributed by atoms with van der Waals surface area (Å²) in [5.74, 6) is -1.96. The van der Waals surface area contributed by atoms with Crippen LogP contribution in [-0.4, -0.2) is 28.1 Å². The average Bonchev–Trinajstić information content (AvgIpc) is 2.19. The number of nitrogens with zero attached hydrogens (tertiary/aromatic N) is 2. The molecule has 0 saturated carbocycles. The minimum absolute atomic E-state index is 0.0348. The summed E-state index contributed by atoms with van der Waals surface area (Å²) >= 11 is 0. The highest BCUT2D eigenvalue weighted by molar-refractivity contribution is 5.94. The second-order valence-electron chi connectivity index (χ2n) is 3.02. The molecule has 0 aromatic heterocycles. The van der Waals surface area contributed by atoms with Gasteiger partial charge in [-0.2, -0.15) is 4.99 Å². The molecule has 0 bridgehead atoms. The van der Waals surface area contributed by atoms with E-state index in [1.807, 2.05) is 0 Å². The topological polar surface area (TPSA) is 160 Å². The number of hydrogen-bond donors (Lipinski definition) is 5. The fourth-order valence-electron chi connectivity index (χ4n) is 1.03. The van der Waals surface area contributed by atoms with Gasteiger partial charge in [-0.05, 0) is 18.2 Å². The van der Waals surface area contributed by atoms with Crippen molar-refractivity contribution in [2.24, 2.45) is 27.2 Å². The normalized spacial score (nSPS) is 10.9. The molecule has 0 atom stereocenters. The molecule has 0 fully saturated rings. The minimum atomic E-state index is -1.15. The van der Waals surface area contributed by atoms with E-state index in [1.54, 1.807) is 0 Å². The smallest absolute Gasteiger partial charge is 0.335 e. The molecule has 1 rings (SSSR count). The van der Waals surface area contributed by atoms with Crippen molar-refractivity contribution in [1.82, 2.24) is 0 Å². The third kappa shape index (κ3) is 3.38. The van der Waals surface area contributed by atoms with E-state index in [9.17, 15) is 9.90 Å². The molecular weight excluding hydrogens is 226 g/mol. The van der Waals surface area contributed by atoms with Crippen molar-refractivity contribution in [3.05, 3.63) is 23.8 Å². The number of carboxylic acids is 1. The maximum atomic E-state index is 10.7. The summed E-state index contributed by atoms with van der Waals surface area (Å²) in [7, 11) is 0. The monoisotopic (exact) mass is 237 g/mol. The highest BCUT2D eigenvalue weighted by Gasteiger charge is 2.07. The number of aliphatic imine (C=N–C) groups is 2. The molecule has 0 aliphatic heterocycles. The van der Waals surface area contributed by atoms with Crippen molar-refractivity contribution in [1.29, 1.82) is 0 Å². The highest BCUT2D eigenvalue weighted by Crippen LogP contribution is 2.27. The standard InChI is InChI=1S/C9H11N5O3/c10-8(11)14-9(12)13-5-3-4(7(16)17)1-2-6(5)15/h1-3,15H,(H,16,17)(H6,10,11,12,13,14). The number of benzene rings is 1. The van der Waals surface area contributed by atoms with E-state index in [1.165, 1.54) is 12.1 Å². The summed E-state index contributed by atoms with van der Waals surface area (Å²) in [5, 5.41) is 18.2. The minimum Gasteiger partial charge on any atom is -0.506 e. The molecule has 0 unspecified atom stereocenters. The molecular formula is C9H11N5O3. The van der Waals surface area contributed by atoms with E-state index in [0.717, 1.165) is 6.07 Å². The average molecular weight is 237 g/mol. The van der Waals surface area contributed by atoms with Crippen LogP contribution in [0.25, 0.3) is 0 Å². The Balaban J connectivity index is 3.18. The molecule has 8 N–H and O–H groups in total. The van der Waals surface area contributed by atoms with Gasteiger partial charge in [0.05, 0.1) is 5.56 Å². The van der Waals surface area contributed by atoms with Crippen LogP contribution in [0.1, 0.15) is 10.4 Å². The van der Waals surface area contributed by atoms with Crippen molar-refractivity contribution in [2.75, 3.05) is 0 Å². The van der Waals surface area contributed by atoms with Crippen LogP contribution >= 0.6 is 0 Å². The first-order chi connectivity index (χ1) is 7.90. The van der Waals surface area contributed by atoms with Gasteiger partial charge in [-0.1, -0.05) is 0 Å². The van der Waals surface area contributed by atoms with Crippen molar-refractivity contribution < 1.29 is 15.0 Å². The first-order valence-electron chi connectivity index (χ1n) is 4.40. The fraction of sp³-hybridized carbons (Fsp3) is 0. The summed E-state index contributed by atoms with van der Waals surface area (Å²) < 4.78 is 0. The van der Waals surface area contributed by atoms with Crippen LogP contribution in [0, 0.1) is 0 Å². The quantitative estimate of drug-likeness (QED) is 0.338. The molecule has 8 nitrogen and oxygen atoms in total. The molecule has 17 heavy (non-hydrogen) atoms. The van der Waals surface area contributed by atoms with Crippen molar-refractivity contribution >= 4 is 23.6 Å². The lowest BCUT2D eigenvalue weighted by molar-refractivity contribution is 0.0697. The lowest BCUT2D eigenvalue weighted by Crippen LogP contribution is -2.26. The summed E-state index contributed by atoms with van der Waals surface area (Å²) in [5.41, 5.74) is 15.4. The van der Waals surface area contributed by atoms with Gasteiger partial charge >= 0.3 is 5.97 Å². The van der Waals surface area contributed by atoms with Gasteiger partial charge in [0.25, 0.3) is 0 Å². The number of guanidine groups is 2. The Hall–Kier alpha value is -2.77. The summed E-state index contributed by atoms with van der Waals surface area (Å²) in [6.07, 6.45) is 0. The number of phenols is 1. The lowest BCUT2D eigenvalue weighted by Gasteiger charge is -2.01. The predicted octanol–water partition coefficient (Wildman–Crippen LogP) is -0.690. The van der Waals surface area contributed by atoms with Crippen LogP contribution < -0.4 is 17.2 Å². The fourth-order valence-corrected chi connectivity index (χ4v) is 1.03.